The summed E-state index contributed by atoms with van der Waals surface area (Å²) >= 11 is 0. The number of anilines is 1. The number of benzene rings is 6. The smallest absolute Gasteiger partial charge is 0.141 e. The van der Waals surface area contributed by atoms with Crippen LogP contribution >= 0.6 is 0 Å². The molecule has 2 aliphatic heterocycles. The first-order valence-electron chi connectivity index (χ1n) is 16.0. The van der Waals surface area contributed by atoms with Crippen molar-refractivity contribution in [2.24, 2.45) is 4.99 Å². The predicted molar refractivity (Wildman–Crippen MR) is 198 cm³/mol. The lowest BCUT2D eigenvalue weighted by molar-refractivity contribution is 1.17. The van der Waals surface area contributed by atoms with Gasteiger partial charge in [-0.25, -0.2) is 0 Å². The Morgan fingerprint density at radius 2 is 1.19 bits per heavy atom. The van der Waals surface area contributed by atoms with Crippen molar-refractivity contribution in [3.05, 3.63) is 182 Å². The summed E-state index contributed by atoms with van der Waals surface area (Å²) in [5, 5.41) is 2.55. The molecule has 47 heavy (non-hydrogen) atoms. The third kappa shape index (κ3) is 4.47. The summed E-state index contributed by atoms with van der Waals surface area (Å²) in [6.07, 6.45) is 8.20. The Morgan fingerprint density at radius 1 is 0.532 bits per heavy atom. The van der Waals surface area contributed by atoms with Crippen LogP contribution in [-0.4, -0.2) is 16.9 Å². The number of para-hydroxylation sites is 3. The van der Waals surface area contributed by atoms with Gasteiger partial charge in [-0.15, -0.1) is 0 Å². The number of fused-ring (bicyclic) bond motifs is 9. The van der Waals surface area contributed by atoms with Crippen LogP contribution in [0.4, 0.5) is 5.69 Å². The van der Waals surface area contributed by atoms with Gasteiger partial charge >= 0.3 is 0 Å². The van der Waals surface area contributed by atoms with Crippen molar-refractivity contribution in [1.29, 1.82) is 0 Å². The van der Waals surface area contributed by atoms with Crippen LogP contribution in [0.5, 0.6) is 0 Å². The molecule has 0 aliphatic carbocycles. The van der Waals surface area contributed by atoms with Gasteiger partial charge in [0.25, 0.3) is 0 Å². The lowest BCUT2D eigenvalue weighted by Crippen LogP contribution is -2.34. The molecule has 0 saturated heterocycles. The van der Waals surface area contributed by atoms with E-state index < -0.39 is 0 Å². The Labute approximate surface area is 274 Å². The second-order valence-corrected chi connectivity index (χ2v) is 12.1. The Hall–Kier alpha value is -6.19. The number of aromatic nitrogens is 1. The summed E-state index contributed by atoms with van der Waals surface area (Å²) in [6.45, 7) is 5.00. The molecule has 0 unspecified atom stereocenters. The largest absolute Gasteiger partial charge is 0.309 e. The highest BCUT2D eigenvalue weighted by Gasteiger charge is 2.29. The van der Waals surface area contributed by atoms with Crippen LogP contribution in [0.1, 0.15) is 5.56 Å². The Bertz CT molecular complexity index is 2400. The first-order chi connectivity index (χ1) is 23.2. The third-order valence-corrected chi connectivity index (χ3v) is 9.31. The van der Waals surface area contributed by atoms with Crippen molar-refractivity contribution in [3.63, 3.8) is 0 Å². The predicted octanol–water partition coefficient (Wildman–Crippen LogP) is 11.0. The summed E-state index contributed by atoms with van der Waals surface area (Å²) in [5.74, 6) is 0.934. The van der Waals surface area contributed by atoms with Crippen LogP contribution in [0.15, 0.2) is 181 Å². The minimum atomic E-state index is 0.616. The van der Waals surface area contributed by atoms with Crippen LogP contribution in [0.3, 0.4) is 0 Å². The highest BCUT2D eigenvalue weighted by atomic mass is 15.2. The van der Waals surface area contributed by atoms with E-state index in [0.717, 1.165) is 28.5 Å². The van der Waals surface area contributed by atoms with Crippen molar-refractivity contribution in [3.8, 4) is 39.1 Å². The topological polar surface area (TPSA) is 20.5 Å². The van der Waals surface area contributed by atoms with E-state index in [0.29, 0.717) is 6.54 Å². The molecule has 0 atom stereocenters. The molecule has 9 rings (SSSR count). The van der Waals surface area contributed by atoms with Gasteiger partial charge in [-0.3, -0.25) is 9.89 Å². The van der Waals surface area contributed by atoms with Gasteiger partial charge in [-0.1, -0.05) is 122 Å². The van der Waals surface area contributed by atoms with E-state index in [-0.39, 0.29) is 0 Å². The molecule has 0 saturated carbocycles. The minimum Gasteiger partial charge on any atom is -0.309 e. The van der Waals surface area contributed by atoms with Crippen molar-refractivity contribution >= 4 is 33.3 Å². The molecule has 3 heteroatoms. The summed E-state index contributed by atoms with van der Waals surface area (Å²) < 4.78 is 2.36. The van der Waals surface area contributed by atoms with E-state index in [1.807, 2.05) is 12.2 Å². The van der Waals surface area contributed by atoms with Gasteiger partial charge in [0.15, 0.2) is 0 Å². The molecule has 222 valence electrons. The lowest BCUT2D eigenvalue weighted by Gasteiger charge is -2.34. The Balaban J connectivity index is 1.10. The van der Waals surface area contributed by atoms with Gasteiger partial charge in [0.05, 0.1) is 23.3 Å². The molecule has 3 nitrogen and oxygen atoms in total. The molecule has 1 aromatic heterocycles. The van der Waals surface area contributed by atoms with E-state index in [4.69, 9.17) is 4.99 Å². The average Bonchev–Trinajstić information content (AvgIpc) is 3.51. The monoisotopic (exact) mass is 601 g/mol. The molecule has 3 heterocycles. The maximum absolute atomic E-state index is 5.02. The zero-order chi connectivity index (χ0) is 31.3. The summed E-state index contributed by atoms with van der Waals surface area (Å²) in [5.41, 5.74) is 13.8. The van der Waals surface area contributed by atoms with Crippen molar-refractivity contribution in [2.75, 3.05) is 11.4 Å². The van der Waals surface area contributed by atoms with E-state index in [1.54, 1.807) is 0 Å². The second-order valence-electron chi connectivity index (χ2n) is 12.1. The SMILES string of the molecule is C=C1/C=C\C=C/CN=C2c3ccc(-c4cccc(-c5ccc(-n6c7ccccc7c7ccccc76)cc5)c4)cc3-c3ccccc3N12. The third-order valence-electron chi connectivity index (χ3n) is 9.31. The van der Waals surface area contributed by atoms with Crippen molar-refractivity contribution < 1.29 is 0 Å². The summed E-state index contributed by atoms with van der Waals surface area (Å²) in [4.78, 5) is 7.21. The maximum atomic E-state index is 5.02. The molecule has 6 aromatic carbocycles. The first kappa shape index (κ1) is 27.1. The zero-order valence-corrected chi connectivity index (χ0v) is 25.8. The number of rotatable bonds is 3. The normalized spacial score (nSPS) is 15.2. The maximum Gasteiger partial charge on any atom is 0.141 e. The van der Waals surface area contributed by atoms with Crippen LogP contribution in [-0.2, 0) is 0 Å². The molecule has 2 aliphatic rings. The van der Waals surface area contributed by atoms with Gasteiger partial charge in [0.1, 0.15) is 5.84 Å². The molecule has 0 amide bonds. The number of aliphatic imine (C=N–C) groups is 1. The number of hydrogen-bond donors (Lipinski definition) is 0. The molecule has 0 N–H and O–H groups in total. The molecule has 0 bridgehead atoms. The quantitative estimate of drug-likeness (QED) is 0.197. The molecule has 7 aromatic rings. The van der Waals surface area contributed by atoms with Crippen LogP contribution < -0.4 is 4.90 Å². The highest BCUT2D eigenvalue weighted by Crippen LogP contribution is 2.43. The lowest BCUT2D eigenvalue weighted by atomic mass is 9.88. The first-order valence-corrected chi connectivity index (χ1v) is 16.0. The minimum absolute atomic E-state index is 0.616. The standard InChI is InChI=1S/C44H31N3/c1-30-12-3-2-10-27-45-44-39-26-23-34(29-40(39)38-17-6-7-18-41(38)46(30)44)33-14-11-13-32(28-33)31-21-24-35(25-22-31)47-42-19-8-4-15-36(42)37-16-5-9-20-43(37)47/h2-26,28-29H,1,27H2/b10-2-,12-3-,45-44?. The number of amidine groups is 1. The zero-order valence-electron chi connectivity index (χ0n) is 25.8. The molecule has 0 fully saturated rings. The molecular weight excluding hydrogens is 571 g/mol. The van der Waals surface area contributed by atoms with Crippen molar-refractivity contribution in [2.45, 2.75) is 0 Å². The van der Waals surface area contributed by atoms with E-state index in [2.05, 4.69) is 168 Å². The van der Waals surface area contributed by atoms with E-state index >= 15 is 0 Å². The summed E-state index contributed by atoms with van der Waals surface area (Å²) in [6, 6.07) is 50.4. The van der Waals surface area contributed by atoms with Gasteiger partial charge < -0.3 is 4.57 Å². The molecular formula is C44H31N3. The fraction of sp³-hybridized carbons (Fsp3) is 0.0227. The second kappa shape index (κ2) is 11.0. The van der Waals surface area contributed by atoms with E-state index in [9.17, 15) is 0 Å². The van der Waals surface area contributed by atoms with Crippen molar-refractivity contribution in [1.82, 2.24) is 4.57 Å². The average molecular weight is 602 g/mol. The van der Waals surface area contributed by atoms with Crippen LogP contribution in [0.25, 0.3) is 60.9 Å². The Morgan fingerprint density at radius 3 is 1.98 bits per heavy atom. The number of hydrogen-bond acceptors (Lipinski definition) is 2. The number of nitrogens with zero attached hydrogens (tertiary/aromatic N) is 3. The summed E-state index contributed by atoms with van der Waals surface area (Å²) in [7, 11) is 0. The van der Waals surface area contributed by atoms with Gasteiger partial charge in [-0.2, -0.15) is 0 Å². The van der Waals surface area contributed by atoms with Crippen LogP contribution in [0, 0.1) is 0 Å². The molecule has 0 radical (unpaired) electrons. The fourth-order valence-corrected chi connectivity index (χ4v) is 7.12. The molecule has 0 spiro atoms. The van der Waals surface area contributed by atoms with Crippen LogP contribution in [0.2, 0.25) is 0 Å². The highest BCUT2D eigenvalue weighted by molar-refractivity contribution is 6.21. The van der Waals surface area contributed by atoms with Gasteiger partial charge in [0, 0.05) is 33.3 Å². The van der Waals surface area contributed by atoms with E-state index in [1.165, 1.54) is 55.2 Å². The van der Waals surface area contributed by atoms with Gasteiger partial charge in [-0.05, 0) is 76.4 Å². The Kier molecular flexibility index (Phi) is 6.36. The van der Waals surface area contributed by atoms with Gasteiger partial charge in [0.2, 0.25) is 0 Å². The number of allylic oxidation sites excluding steroid dienone is 3. The fourth-order valence-electron chi connectivity index (χ4n) is 7.12.